The Morgan fingerprint density at radius 2 is 2.10 bits per heavy atom. The van der Waals surface area contributed by atoms with E-state index >= 15 is 0 Å². The maximum atomic E-state index is 14.4. The van der Waals surface area contributed by atoms with Crippen LogP contribution in [0.3, 0.4) is 0 Å². The molecule has 2 aromatic carbocycles. The van der Waals surface area contributed by atoms with Crippen molar-refractivity contribution in [2.24, 2.45) is 0 Å². The molecule has 4 rings (SSSR count). The Hall–Kier alpha value is -2.07. The molecule has 1 saturated heterocycles. The van der Waals surface area contributed by atoms with Crippen molar-refractivity contribution in [2.75, 3.05) is 23.3 Å². The summed E-state index contributed by atoms with van der Waals surface area (Å²) in [5.74, 6) is 0.371. The number of nitrogens with one attached hydrogen (secondary N) is 2. The van der Waals surface area contributed by atoms with Crippen molar-refractivity contribution in [1.29, 1.82) is 0 Å². The highest BCUT2D eigenvalue weighted by Crippen LogP contribution is 2.32. The van der Waals surface area contributed by atoms with Gasteiger partial charge in [-0.1, -0.05) is 11.6 Å². The fraction of sp³-hybridized carbons (Fsp3) is 0.211. The van der Waals surface area contributed by atoms with E-state index in [4.69, 9.17) is 21.1 Å². The Morgan fingerprint density at radius 3 is 2.83 bits per heavy atom. The number of ether oxygens (including phenoxy) is 2. The summed E-state index contributed by atoms with van der Waals surface area (Å²) >= 11 is 8.79. The lowest BCUT2D eigenvalue weighted by atomic mass is 10.2. The molecule has 0 spiro atoms. The standard InChI is InChI=1S/C19H16ClF2N3O2S2/c20-14-4-18(29-25-19-9-28-10-24-19)16(22)5-17(14)23-6-11-3-12(1-2-15(11)21)27-13-7-26-8-13/h1-5,9-10,13,23,25H,6-8H2. The van der Waals surface area contributed by atoms with Crippen molar-refractivity contribution in [2.45, 2.75) is 17.5 Å². The molecule has 1 aliphatic rings. The molecular weight excluding hydrogens is 440 g/mol. The van der Waals surface area contributed by atoms with Gasteiger partial charge in [0.2, 0.25) is 0 Å². The largest absolute Gasteiger partial charge is 0.486 e. The van der Waals surface area contributed by atoms with Gasteiger partial charge in [-0.15, -0.1) is 11.3 Å². The van der Waals surface area contributed by atoms with Crippen LogP contribution in [0, 0.1) is 11.6 Å². The molecule has 5 nitrogen and oxygen atoms in total. The van der Waals surface area contributed by atoms with E-state index in [2.05, 4.69) is 15.0 Å². The third kappa shape index (κ3) is 5.11. The van der Waals surface area contributed by atoms with Gasteiger partial charge in [0, 0.05) is 17.5 Å². The van der Waals surface area contributed by atoms with Crippen LogP contribution in [0.15, 0.2) is 46.1 Å². The third-order valence-corrected chi connectivity index (χ3v) is 5.86. The highest BCUT2D eigenvalue weighted by atomic mass is 35.5. The van der Waals surface area contributed by atoms with Gasteiger partial charge in [-0.25, -0.2) is 13.8 Å². The van der Waals surface area contributed by atoms with Gasteiger partial charge >= 0.3 is 0 Å². The summed E-state index contributed by atoms with van der Waals surface area (Å²) in [6.07, 6.45) is -0.00672. The summed E-state index contributed by atoms with van der Waals surface area (Å²) in [5, 5.41) is 5.12. The van der Waals surface area contributed by atoms with Crippen LogP contribution >= 0.6 is 34.9 Å². The number of nitrogens with zero attached hydrogens (tertiary/aromatic N) is 1. The van der Waals surface area contributed by atoms with Gasteiger partial charge in [0.15, 0.2) is 0 Å². The van der Waals surface area contributed by atoms with Crippen LogP contribution in [0.4, 0.5) is 20.3 Å². The monoisotopic (exact) mass is 455 g/mol. The molecule has 2 N–H and O–H groups in total. The molecule has 0 aliphatic carbocycles. The molecule has 2 heterocycles. The second-order valence-corrected chi connectivity index (χ2v) is 8.20. The third-order valence-electron chi connectivity index (χ3n) is 4.12. The van der Waals surface area contributed by atoms with Crippen molar-refractivity contribution < 1.29 is 18.3 Å². The molecule has 0 saturated carbocycles. The van der Waals surface area contributed by atoms with E-state index in [1.807, 2.05) is 5.38 Å². The van der Waals surface area contributed by atoms with E-state index < -0.39 is 5.82 Å². The number of aromatic nitrogens is 1. The minimum atomic E-state index is -0.452. The molecule has 0 amide bonds. The minimum absolute atomic E-state index is 0.00672. The Bertz CT molecular complexity index is 988. The lowest BCUT2D eigenvalue weighted by Gasteiger charge is -2.27. The number of hydrogen-bond donors (Lipinski definition) is 2. The molecule has 1 aromatic heterocycles. The number of halogens is 3. The zero-order valence-electron chi connectivity index (χ0n) is 15.0. The summed E-state index contributed by atoms with van der Waals surface area (Å²) < 4.78 is 42.3. The molecule has 1 aliphatic heterocycles. The average Bonchev–Trinajstić information content (AvgIpc) is 3.19. The maximum Gasteiger partial charge on any atom is 0.147 e. The summed E-state index contributed by atoms with van der Waals surface area (Å²) in [6, 6.07) is 7.34. The zero-order chi connectivity index (χ0) is 20.2. The van der Waals surface area contributed by atoms with Gasteiger partial charge in [-0.2, -0.15) is 0 Å². The van der Waals surface area contributed by atoms with Crippen molar-refractivity contribution >= 4 is 46.4 Å². The van der Waals surface area contributed by atoms with Crippen LogP contribution in [0.25, 0.3) is 0 Å². The number of benzene rings is 2. The number of hydrogen-bond acceptors (Lipinski definition) is 7. The lowest BCUT2D eigenvalue weighted by molar-refractivity contribution is -0.0797. The first-order valence-corrected chi connectivity index (χ1v) is 10.8. The first-order chi connectivity index (χ1) is 14.1. The van der Waals surface area contributed by atoms with E-state index in [-0.39, 0.29) is 18.5 Å². The number of thiazole rings is 1. The topological polar surface area (TPSA) is 55.4 Å². The fourth-order valence-corrected chi connectivity index (χ4v) is 4.05. The molecule has 152 valence electrons. The normalized spacial score (nSPS) is 13.8. The molecule has 0 unspecified atom stereocenters. The van der Waals surface area contributed by atoms with Crippen LogP contribution in [0.1, 0.15) is 5.56 Å². The van der Waals surface area contributed by atoms with Crippen LogP contribution in [-0.4, -0.2) is 24.3 Å². The van der Waals surface area contributed by atoms with Crippen LogP contribution in [-0.2, 0) is 11.3 Å². The molecule has 0 bridgehead atoms. The van der Waals surface area contributed by atoms with Gasteiger partial charge in [0.05, 0.1) is 34.3 Å². The smallest absolute Gasteiger partial charge is 0.147 e. The Morgan fingerprint density at radius 1 is 1.24 bits per heavy atom. The van der Waals surface area contributed by atoms with E-state index in [1.165, 1.54) is 29.5 Å². The van der Waals surface area contributed by atoms with E-state index in [1.54, 1.807) is 17.6 Å². The molecule has 0 atom stereocenters. The average molecular weight is 456 g/mol. The van der Waals surface area contributed by atoms with Crippen molar-refractivity contribution in [3.63, 3.8) is 0 Å². The van der Waals surface area contributed by atoms with Gasteiger partial charge in [0.1, 0.15) is 29.3 Å². The van der Waals surface area contributed by atoms with Crippen LogP contribution in [0.2, 0.25) is 5.02 Å². The zero-order valence-corrected chi connectivity index (χ0v) is 17.3. The summed E-state index contributed by atoms with van der Waals surface area (Å²) in [7, 11) is 0. The molecule has 1 fully saturated rings. The Kier molecular flexibility index (Phi) is 6.39. The summed E-state index contributed by atoms with van der Waals surface area (Å²) in [6.45, 7) is 1.19. The van der Waals surface area contributed by atoms with Crippen molar-refractivity contribution in [3.8, 4) is 5.75 Å². The second kappa shape index (κ2) is 9.17. The van der Waals surface area contributed by atoms with E-state index in [0.717, 1.165) is 11.9 Å². The van der Waals surface area contributed by atoms with Gasteiger partial charge in [-0.05, 0) is 42.3 Å². The van der Waals surface area contributed by atoms with Crippen molar-refractivity contribution in [3.05, 3.63) is 63.4 Å². The second-order valence-electron chi connectivity index (χ2n) is 6.22. The maximum absolute atomic E-state index is 14.4. The van der Waals surface area contributed by atoms with Gasteiger partial charge in [-0.3, -0.25) is 0 Å². The number of rotatable bonds is 8. The van der Waals surface area contributed by atoms with E-state index in [9.17, 15) is 8.78 Å². The molecular formula is C19H16ClF2N3O2S2. The van der Waals surface area contributed by atoms with E-state index in [0.29, 0.717) is 46.0 Å². The molecule has 3 aromatic rings. The first-order valence-electron chi connectivity index (χ1n) is 8.65. The highest BCUT2D eigenvalue weighted by Gasteiger charge is 2.20. The summed E-state index contributed by atoms with van der Waals surface area (Å²) in [4.78, 5) is 4.40. The van der Waals surface area contributed by atoms with Crippen LogP contribution < -0.4 is 14.8 Å². The Balaban J connectivity index is 1.41. The number of anilines is 2. The predicted molar refractivity (Wildman–Crippen MR) is 112 cm³/mol. The molecule has 0 radical (unpaired) electrons. The summed E-state index contributed by atoms with van der Waals surface area (Å²) in [5.41, 5.74) is 2.45. The quantitative estimate of drug-likeness (QED) is 0.432. The molecule has 29 heavy (non-hydrogen) atoms. The SMILES string of the molecule is Fc1ccc(OC2COC2)cc1CNc1cc(F)c(SNc2cscn2)cc1Cl. The van der Waals surface area contributed by atoms with Crippen LogP contribution in [0.5, 0.6) is 5.75 Å². The minimum Gasteiger partial charge on any atom is -0.486 e. The van der Waals surface area contributed by atoms with Gasteiger partial charge < -0.3 is 19.5 Å². The first kappa shape index (κ1) is 20.2. The highest BCUT2D eigenvalue weighted by molar-refractivity contribution is 8.00. The fourth-order valence-electron chi connectivity index (χ4n) is 2.54. The molecule has 10 heteroatoms. The Labute approximate surface area is 179 Å². The van der Waals surface area contributed by atoms with Gasteiger partial charge in [0.25, 0.3) is 0 Å². The van der Waals surface area contributed by atoms with Crippen molar-refractivity contribution in [1.82, 2.24) is 4.98 Å². The lowest BCUT2D eigenvalue weighted by Crippen LogP contribution is -2.38. The predicted octanol–water partition coefficient (Wildman–Crippen LogP) is 5.58.